The molecule has 0 saturated carbocycles. The van der Waals surface area contributed by atoms with Gasteiger partial charge in [-0.25, -0.2) is 4.79 Å². The highest BCUT2D eigenvalue weighted by molar-refractivity contribution is 6.30. The van der Waals surface area contributed by atoms with Gasteiger partial charge in [0.15, 0.2) is 6.61 Å². The van der Waals surface area contributed by atoms with Crippen LogP contribution in [-0.2, 0) is 16.0 Å². The van der Waals surface area contributed by atoms with Gasteiger partial charge in [0.25, 0.3) is 5.91 Å². The summed E-state index contributed by atoms with van der Waals surface area (Å²) in [7, 11) is 0. The lowest BCUT2D eigenvalue weighted by atomic mass is 10.1. The van der Waals surface area contributed by atoms with E-state index in [1.807, 2.05) is 54.6 Å². The molecule has 132 valence electrons. The predicted molar refractivity (Wildman–Crippen MR) is 102 cm³/mol. The number of benzene rings is 3. The molecule has 1 amide bonds. The van der Waals surface area contributed by atoms with Crippen molar-refractivity contribution in [1.82, 2.24) is 5.32 Å². The molecule has 0 radical (unpaired) electrons. The summed E-state index contributed by atoms with van der Waals surface area (Å²) < 4.78 is 5.09. The number of rotatable bonds is 6. The fraction of sp³-hybridized carbons (Fsp3) is 0.143. The van der Waals surface area contributed by atoms with E-state index in [4.69, 9.17) is 16.3 Å². The Morgan fingerprint density at radius 1 is 0.923 bits per heavy atom. The molecule has 0 unspecified atom stereocenters. The number of halogens is 1. The van der Waals surface area contributed by atoms with Crippen molar-refractivity contribution < 1.29 is 14.3 Å². The molecule has 0 aliphatic rings. The maximum absolute atomic E-state index is 12.1. The molecule has 0 bridgehead atoms. The third kappa shape index (κ3) is 4.83. The normalized spacial score (nSPS) is 10.5. The first-order chi connectivity index (χ1) is 12.6. The summed E-state index contributed by atoms with van der Waals surface area (Å²) in [6.45, 7) is 0.167. The van der Waals surface area contributed by atoms with Crippen LogP contribution in [0.4, 0.5) is 0 Å². The average Bonchev–Trinajstić information content (AvgIpc) is 2.67. The van der Waals surface area contributed by atoms with E-state index in [0.717, 1.165) is 16.3 Å². The average molecular weight is 368 g/mol. The van der Waals surface area contributed by atoms with Crippen molar-refractivity contribution in [3.63, 3.8) is 0 Å². The maximum atomic E-state index is 12.1. The van der Waals surface area contributed by atoms with Crippen LogP contribution in [0, 0.1) is 0 Å². The van der Waals surface area contributed by atoms with Gasteiger partial charge in [0.2, 0.25) is 0 Å². The van der Waals surface area contributed by atoms with Gasteiger partial charge in [-0.15, -0.1) is 0 Å². The van der Waals surface area contributed by atoms with Gasteiger partial charge in [-0.1, -0.05) is 54.1 Å². The summed E-state index contributed by atoms with van der Waals surface area (Å²) >= 11 is 5.83. The molecule has 26 heavy (non-hydrogen) atoms. The Kier molecular flexibility index (Phi) is 5.87. The van der Waals surface area contributed by atoms with E-state index >= 15 is 0 Å². The predicted octanol–water partition coefficient (Wildman–Crippen LogP) is 4.01. The smallest absolute Gasteiger partial charge is 0.338 e. The van der Waals surface area contributed by atoms with E-state index in [9.17, 15) is 9.59 Å². The molecule has 3 aromatic carbocycles. The molecule has 0 atom stereocenters. The first-order valence-corrected chi connectivity index (χ1v) is 8.67. The molecule has 0 spiro atoms. The Morgan fingerprint density at radius 2 is 1.65 bits per heavy atom. The molecule has 5 heteroatoms. The minimum absolute atomic E-state index is 0.299. The van der Waals surface area contributed by atoms with Crippen LogP contribution in [0.5, 0.6) is 0 Å². The van der Waals surface area contributed by atoms with Crippen LogP contribution in [0.2, 0.25) is 5.02 Å². The van der Waals surface area contributed by atoms with Gasteiger partial charge in [0.1, 0.15) is 0 Å². The molecule has 1 N–H and O–H groups in total. The van der Waals surface area contributed by atoms with Crippen molar-refractivity contribution >= 4 is 34.2 Å². The summed E-state index contributed by atoms with van der Waals surface area (Å²) in [6.07, 6.45) is 0.682. The highest BCUT2D eigenvalue weighted by Gasteiger charge is 2.10. The van der Waals surface area contributed by atoms with E-state index in [1.165, 1.54) is 0 Å². The molecule has 0 heterocycles. The van der Waals surface area contributed by atoms with Crippen molar-refractivity contribution in [2.24, 2.45) is 0 Å². The zero-order valence-electron chi connectivity index (χ0n) is 14.1. The number of amides is 1. The van der Waals surface area contributed by atoms with Crippen LogP contribution in [-0.4, -0.2) is 25.0 Å². The number of hydrogen-bond donors (Lipinski definition) is 1. The van der Waals surface area contributed by atoms with Crippen molar-refractivity contribution in [3.8, 4) is 0 Å². The SMILES string of the molecule is O=C(COC(=O)c1ccc2ccccc2c1)NCCc1ccc(Cl)cc1. The largest absolute Gasteiger partial charge is 0.452 e. The first-order valence-electron chi connectivity index (χ1n) is 8.29. The number of esters is 1. The number of ether oxygens (including phenoxy) is 1. The Labute approximate surface area is 156 Å². The summed E-state index contributed by atoms with van der Waals surface area (Å²) in [4.78, 5) is 23.9. The molecular formula is C21H18ClNO3. The number of nitrogens with one attached hydrogen (secondary N) is 1. The number of carbonyl (C=O) groups excluding carboxylic acids is 2. The molecule has 4 nitrogen and oxygen atoms in total. The first kappa shape index (κ1) is 18.0. The van der Waals surface area contributed by atoms with Crippen molar-refractivity contribution in [2.75, 3.05) is 13.2 Å². The van der Waals surface area contributed by atoms with Crippen LogP contribution in [0.25, 0.3) is 10.8 Å². The molecule has 0 aliphatic heterocycles. The Hall–Kier alpha value is -2.85. The van der Waals surface area contributed by atoms with Crippen molar-refractivity contribution in [3.05, 3.63) is 82.9 Å². The molecule has 0 fully saturated rings. The number of carbonyl (C=O) groups is 2. The highest BCUT2D eigenvalue weighted by Crippen LogP contribution is 2.16. The molecule has 0 saturated heterocycles. The zero-order valence-corrected chi connectivity index (χ0v) is 14.8. The third-order valence-corrected chi connectivity index (χ3v) is 4.22. The molecule has 3 rings (SSSR count). The Balaban J connectivity index is 1.45. The van der Waals surface area contributed by atoms with E-state index in [2.05, 4.69) is 5.32 Å². The zero-order chi connectivity index (χ0) is 18.4. The highest BCUT2D eigenvalue weighted by atomic mass is 35.5. The lowest BCUT2D eigenvalue weighted by Crippen LogP contribution is -2.30. The quantitative estimate of drug-likeness (QED) is 0.670. The summed E-state index contributed by atoms with van der Waals surface area (Å²) in [6, 6.07) is 20.5. The monoisotopic (exact) mass is 367 g/mol. The molecule has 0 aromatic heterocycles. The Bertz CT molecular complexity index is 922. The minimum Gasteiger partial charge on any atom is -0.452 e. The van der Waals surface area contributed by atoms with Gasteiger partial charge < -0.3 is 10.1 Å². The standard InChI is InChI=1S/C21H18ClNO3/c22-19-9-5-15(6-10-19)11-12-23-20(24)14-26-21(25)18-8-7-16-3-1-2-4-17(16)13-18/h1-10,13H,11-12,14H2,(H,23,24). The molecular weight excluding hydrogens is 350 g/mol. The Morgan fingerprint density at radius 3 is 2.42 bits per heavy atom. The molecule has 3 aromatic rings. The second-order valence-electron chi connectivity index (χ2n) is 5.86. The van der Waals surface area contributed by atoms with Gasteiger partial charge in [0.05, 0.1) is 5.56 Å². The van der Waals surface area contributed by atoms with Gasteiger partial charge in [0, 0.05) is 11.6 Å². The van der Waals surface area contributed by atoms with Crippen LogP contribution in [0.3, 0.4) is 0 Å². The van der Waals surface area contributed by atoms with E-state index in [0.29, 0.717) is 23.6 Å². The van der Waals surface area contributed by atoms with E-state index in [1.54, 1.807) is 12.1 Å². The second kappa shape index (κ2) is 8.50. The lowest BCUT2D eigenvalue weighted by Gasteiger charge is -2.07. The topological polar surface area (TPSA) is 55.4 Å². The summed E-state index contributed by atoms with van der Waals surface area (Å²) in [5, 5.41) is 5.41. The second-order valence-corrected chi connectivity index (χ2v) is 6.30. The van der Waals surface area contributed by atoms with Crippen LogP contribution < -0.4 is 5.32 Å². The fourth-order valence-corrected chi connectivity index (χ4v) is 2.71. The van der Waals surface area contributed by atoms with Crippen molar-refractivity contribution in [1.29, 1.82) is 0 Å². The van der Waals surface area contributed by atoms with Gasteiger partial charge in [-0.05, 0) is 47.0 Å². The fourth-order valence-electron chi connectivity index (χ4n) is 2.58. The third-order valence-electron chi connectivity index (χ3n) is 3.97. The maximum Gasteiger partial charge on any atom is 0.338 e. The number of fused-ring (bicyclic) bond motifs is 1. The van der Waals surface area contributed by atoms with E-state index < -0.39 is 5.97 Å². The lowest BCUT2D eigenvalue weighted by molar-refractivity contribution is -0.124. The number of hydrogen-bond acceptors (Lipinski definition) is 3. The van der Waals surface area contributed by atoms with Crippen LogP contribution >= 0.6 is 11.6 Å². The summed E-state index contributed by atoms with van der Waals surface area (Å²) in [5.41, 5.74) is 1.50. The molecule has 0 aliphatic carbocycles. The van der Waals surface area contributed by atoms with Gasteiger partial charge in [-0.3, -0.25) is 4.79 Å². The van der Waals surface area contributed by atoms with Crippen LogP contribution in [0.15, 0.2) is 66.7 Å². The summed E-state index contributed by atoms with van der Waals surface area (Å²) in [5.74, 6) is -0.836. The van der Waals surface area contributed by atoms with Crippen LogP contribution in [0.1, 0.15) is 15.9 Å². The van der Waals surface area contributed by atoms with Crippen molar-refractivity contribution in [2.45, 2.75) is 6.42 Å². The van der Waals surface area contributed by atoms with Gasteiger partial charge >= 0.3 is 5.97 Å². The van der Waals surface area contributed by atoms with Gasteiger partial charge in [-0.2, -0.15) is 0 Å². The minimum atomic E-state index is -0.511. The van der Waals surface area contributed by atoms with E-state index in [-0.39, 0.29) is 12.5 Å².